The summed E-state index contributed by atoms with van der Waals surface area (Å²) in [4.78, 5) is 4.06. The zero-order valence-corrected chi connectivity index (χ0v) is 8.88. The minimum absolute atomic E-state index is 0.400. The highest BCUT2D eigenvalue weighted by Crippen LogP contribution is 2.05. The van der Waals surface area contributed by atoms with E-state index in [9.17, 15) is 0 Å². The molecule has 0 fully saturated rings. The standard InChI is InChI=1S/C9H14N6/c1-7-3-8(14(2)13-7)5-15-9(4-10)11-6-12-15/h3,6H,4-5,10H2,1-2H3. The topological polar surface area (TPSA) is 74.6 Å². The first-order valence-corrected chi connectivity index (χ1v) is 4.77. The van der Waals surface area contributed by atoms with Gasteiger partial charge in [-0.15, -0.1) is 0 Å². The molecule has 80 valence electrons. The van der Waals surface area contributed by atoms with E-state index in [1.54, 1.807) is 4.68 Å². The van der Waals surface area contributed by atoms with E-state index in [1.807, 2.05) is 24.7 Å². The molecule has 0 aromatic carbocycles. The third-order valence-electron chi connectivity index (χ3n) is 2.29. The average Bonchev–Trinajstić information content (AvgIpc) is 2.74. The number of nitrogens with zero attached hydrogens (tertiary/aromatic N) is 5. The quantitative estimate of drug-likeness (QED) is 0.756. The molecular formula is C9H14N6. The summed E-state index contributed by atoms with van der Waals surface area (Å²) >= 11 is 0. The molecule has 0 atom stereocenters. The Morgan fingerprint density at radius 2 is 2.27 bits per heavy atom. The molecule has 0 spiro atoms. The van der Waals surface area contributed by atoms with Crippen molar-refractivity contribution >= 4 is 0 Å². The van der Waals surface area contributed by atoms with E-state index >= 15 is 0 Å². The second kappa shape index (κ2) is 3.82. The van der Waals surface area contributed by atoms with E-state index in [0.717, 1.165) is 17.2 Å². The van der Waals surface area contributed by atoms with Crippen LogP contribution >= 0.6 is 0 Å². The van der Waals surface area contributed by atoms with E-state index < -0.39 is 0 Å². The summed E-state index contributed by atoms with van der Waals surface area (Å²) in [5, 5.41) is 8.39. The first-order chi connectivity index (χ1) is 7.20. The average molecular weight is 206 g/mol. The number of nitrogens with two attached hydrogens (primary N) is 1. The Morgan fingerprint density at radius 1 is 1.47 bits per heavy atom. The van der Waals surface area contributed by atoms with Crippen LogP contribution in [0.25, 0.3) is 0 Å². The number of hydrogen-bond donors (Lipinski definition) is 1. The van der Waals surface area contributed by atoms with Gasteiger partial charge in [-0.3, -0.25) is 4.68 Å². The molecule has 0 aliphatic heterocycles. The fourth-order valence-electron chi connectivity index (χ4n) is 1.54. The Kier molecular flexibility index (Phi) is 2.51. The van der Waals surface area contributed by atoms with Crippen molar-refractivity contribution in [1.29, 1.82) is 0 Å². The van der Waals surface area contributed by atoms with Gasteiger partial charge in [0.25, 0.3) is 0 Å². The normalized spacial score (nSPS) is 10.9. The smallest absolute Gasteiger partial charge is 0.141 e. The number of aryl methyl sites for hydroxylation is 2. The van der Waals surface area contributed by atoms with Gasteiger partial charge in [-0.05, 0) is 13.0 Å². The summed E-state index contributed by atoms with van der Waals surface area (Å²) < 4.78 is 3.63. The van der Waals surface area contributed by atoms with Gasteiger partial charge in [0.2, 0.25) is 0 Å². The van der Waals surface area contributed by atoms with E-state index in [4.69, 9.17) is 5.73 Å². The van der Waals surface area contributed by atoms with E-state index in [-0.39, 0.29) is 0 Å². The maximum atomic E-state index is 5.55. The minimum Gasteiger partial charge on any atom is -0.324 e. The molecule has 0 unspecified atom stereocenters. The third kappa shape index (κ3) is 1.89. The van der Waals surface area contributed by atoms with Crippen LogP contribution in [0.15, 0.2) is 12.4 Å². The Bertz CT molecular complexity index is 455. The second-order valence-electron chi connectivity index (χ2n) is 3.44. The molecule has 2 heterocycles. The van der Waals surface area contributed by atoms with E-state index in [2.05, 4.69) is 15.2 Å². The van der Waals surface area contributed by atoms with Crippen molar-refractivity contribution in [3.63, 3.8) is 0 Å². The Balaban J connectivity index is 2.25. The number of rotatable bonds is 3. The summed E-state index contributed by atoms with van der Waals surface area (Å²) in [5.41, 5.74) is 7.64. The molecule has 6 nitrogen and oxygen atoms in total. The molecule has 2 rings (SSSR count). The molecule has 6 heteroatoms. The molecule has 15 heavy (non-hydrogen) atoms. The van der Waals surface area contributed by atoms with Crippen molar-refractivity contribution in [2.45, 2.75) is 20.0 Å². The van der Waals surface area contributed by atoms with E-state index in [0.29, 0.717) is 13.1 Å². The van der Waals surface area contributed by atoms with Crippen LogP contribution in [0.5, 0.6) is 0 Å². The lowest BCUT2D eigenvalue weighted by atomic mass is 10.3. The van der Waals surface area contributed by atoms with Gasteiger partial charge in [0.15, 0.2) is 0 Å². The molecule has 0 bridgehead atoms. The van der Waals surface area contributed by atoms with Crippen molar-refractivity contribution in [2.75, 3.05) is 0 Å². The van der Waals surface area contributed by atoms with Crippen molar-refractivity contribution in [3.8, 4) is 0 Å². The fraction of sp³-hybridized carbons (Fsp3) is 0.444. The highest BCUT2D eigenvalue weighted by atomic mass is 15.4. The van der Waals surface area contributed by atoms with Crippen molar-refractivity contribution in [3.05, 3.63) is 29.6 Å². The van der Waals surface area contributed by atoms with Crippen LogP contribution in [-0.4, -0.2) is 24.5 Å². The molecule has 0 amide bonds. The van der Waals surface area contributed by atoms with Gasteiger partial charge in [-0.25, -0.2) is 9.67 Å². The Labute approximate surface area is 87.7 Å². The first-order valence-electron chi connectivity index (χ1n) is 4.77. The van der Waals surface area contributed by atoms with Gasteiger partial charge in [0, 0.05) is 7.05 Å². The number of aromatic nitrogens is 5. The lowest BCUT2D eigenvalue weighted by molar-refractivity contribution is 0.592. The molecule has 2 aromatic rings. The molecule has 2 N–H and O–H groups in total. The summed E-state index contributed by atoms with van der Waals surface area (Å²) in [6, 6.07) is 2.03. The van der Waals surface area contributed by atoms with Gasteiger partial charge < -0.3 is 5.73 Å². The maximum absolute atomic E-state index is 5.55. The SMILES string of the molecule is Cc1cc(Cn2ncnc2CN)n(C)n1. The predicted molar refractivity (Wildman–Crippen MR) is 55.0 cm³/mol. The van der Waals surface area contributed by atoms with Crippen LogP contribution in [0.1, 0.15) is 17.2 Å². The van der Waals surface area contributed by atoms with Crippen LogP contribution in [-0.2, 0) is 20.1 Å². The highest BCUT2D eigenvalue weighted by molar-refractivity contribution is 5.09. The Hall–Kier alpha value is -1.69. The van der Waals surface area contributed by atoms with Crippen LogP contribution in [0.3, 0.4) is 0 Å². The van der Waals surface area contributed by atoms with Crippen molar-refractivity contribution in [2.24, 2.45) is 12.8 Å². The largest absolute Gasteiger partial charge is 0.324 e. The first kappa shape index (κ1) is 9.85. The Morgan fingerprint density at radius 3 is 2.87 bits per heavy atom. The molecule has 0 aliphatic rings. The zero-order chi connectivity index (χ0) is 10.8. The fourth-order valence-corrected chi connectivity index (χ4v) is 1.54. The highest BCUT2D eigenvalue weighted by Gasteiger charge is 2.06. The summed E-state index contributed by atoms with van der Waals surface area (Å²) in [5.74, 6) is 0.786. The van der Waals surface area contributed by atoms with Gasteiger partial charge in [0.1, 0.15) is 12.2 Å². The second-order valence-corrected chi connectivity index (χ2v) is 3.44. The lowest BCUT2D eigenvalue weighted by Gasteiger charge is -2.04. The van der Waals surface area contributed by atoms with Crippen LogP contribution in [0, 0.1) is 6.92 Å². The van der Waals surface area contributed by atoms with Crippen LogP contribution in [0.4, 0.5) is 0 Å². The molecule has 0 saturated carbocycles. The predicted octanol–water partition coefficient (Wildman–Crippen LogP) is -0.173. The monoisotopic (exact) mass is 206 g/mol. The van der Waals surface area contributed by atoms with Gasteiger partial charge in [0.05, 0.1) is 24.5 Å². The van der Waals surface area contributed by atoms with Gasteiger partial charge in [-0.1, -0.05) is 0 Å². The van der Waals surface area contributed by atoms with Crippen LogP contribution in [0.2, 0.25) is 0 Å². The summed E-state index contributed by atoms with van der Waals surface area (Å²) in [6.45, 7) is 3.02. The van der Waals surface area contributed by atoms with Crippen molar-refractivity contribution < 1.29 is 0 Å². The third-order valence-corrected chi connectivity index (χ3v) is 2.29. The van der Waals surface area contributed by atoms with Gasteiger partial charge in [-0.2, -0.15) is 10.2 Å². The molecule has 0 aliphatic carbocycles. The van der Waals surface area contributed by atoms with Crippen molar-refractivity contribution in [1.82, 2.24) is 24.5 Å². The maximum Gasteiger partial charge on any atom is 0.141 e. The minimum atomic E-state index is 0.400. The van der Waals surface area contributed by atoms with E-state index in [1.165, 1.54) is 6.33 Å². The lowest BCUT2D eigenvalue weighted by Crippen LogP contribution is -2.12. The number of hydrogen-bond acceptors (Lipinski definition) is 4. The molecule has 0 radical (unpaired) electrons. The van der Waals surface area contributed by atoms with Crippen LogP contribution < -0.4 is 5.73 Å². The summed E-state index contributed by atoms with van der Waals surface area (Å²) in [6.07, 6.45) is 1.52. The molecule has 2 aromatic heterocycles. The zero-order valence-electron chi connectivity index (χ0n) is 8.88. The summed E-state index contributed by atoms with van der Waals surface area (Å²) in [7, 11) is 1.92. The molecular weight excluding hydrogens is 192 g/mol. The van der Waals surface area contributed by atoms with Gasteiger partial charge >= 0.3 is 0 Å². The molecule has 0 saturated heterocycles.